The fraction of sp³-hybridized carbons (Fsp3) is 0.400. The summed E-state index contributed by atoms with van der Waals surface area (Å²) in [7, 11) is -0.603. The van der Waals surface area contributed by atoms with E-state index >= 15 is 0 Å². The lowest BCUT2D eigenvalue weighted by molar-refractivity contribution is 0.00578. The molecule has 1 saturated heterocycles. The van der Waals surface area contributed by atoms with Crippen molar-refractivity contribution in [1.82, 2.24) is 9.88 Å². The predicted molar refractivity (Wildman–Crippen MR) is 130 cm³/mol. The van der Waals surface area contributed by atoms with Gasteiger partial charge in [-0.1, -0.05) is 12.1 Å². The van der Waals surface area contributed by atoms with Gasteiger partial charge in [-0.25, -0.2) is 4.39 Å². The van der Waals surface area contributed by atoms with Gasteiger partial charge in [0.2, 0.25) is 0 Å². The van der Waals surface area contributed by atoms with E-state index < -0.39 is 18.3 Å². The SMILES string of the molecule is CC(N=CC(=CN)N1CCc2ncc(B3OC(C)(C)C(C)(C)O3)cc2C1=O)c1ccc(F)cc1. The van der Waals surface area contributed by atoms with Crippen molar-refractivity contribution in [3.63, 3.8) is 0 Å². The van der Waals surface area contributed by atoms with Crippen LogP contribution in [0.25, 0.3) is 0 Å². The summed E-state index contributed by atoms with van der Waals surface area (Å²) in [5, 5.41) is 0. The van der Waals surface area contributed by atoms with Gasteiger partial charge in [0.05, 0.1) is 34.2 Å². The zero-order valence-corrected chi connectivity index (χ0v) is 20.2. The minimum atomic E-state index is -0.603. The summed E-state index contributed by atoms with van der Waals surface area (Å²) in [6, 6.07) is 7.75. The van der Waals surface area contributed by atoms with Crippen LogP contribution in [0.3, 0.4) is 0 Å². The molecule has 0 radical (unpaired) electrons. The first-order valence-corrected chi connectivity index (χ1v) is 11.4. The number of allylic oxidation sites excluding steroid dienone is 1. The molecule has 7 nitrogen and oxygen atoms in total. The number of nitrogens with zero attached hydrogens (tertiary/aromatic N) is 3. The average molecular weight is 464 g/mol. The number of amides is 1. The van der Waals surface area contributed by atoms with Crippen molar-refractivity contribution >= 4 is 24.7 Å². The molecule has 0 saturated carbocycles. The number of rotatable bonds is 5. The molecule has 0 bridgehead atoms. The molecular weight excluding hydrogens is 434 g/mol. The molecule has 2 N–H and O–H groups in total. The van der Waals surface area contributed by atoms with Crippen LogP contribution >= 0.6 is 0 Å². The first-order valence-electron chi connectivity index (χ1n) is 11.4. The van der Waals surface area contributed by atoms with E-state index in [1.807, 2.05) is 34.6 Å². The van der Waals surface area contributed by atoms with Gasteiger partial charge in [-0.3, -0.25) is 14.8 Å². The van der Waals surface area contributed by atoms with Gasteiger partial charge in [0.25, 0.3) is 5.91 Å². The highest BCUT2D eigenvalue weighted by atomic mass is 19.1. The molecule has 1 atom stereocenters. The third kappa shape index (κ3) is 4.50. The number of aromatic nitrogens is 1. The van der Waals surface area contributed by atoms with Gasteiger partial charge in [-0.15, -0.1) is 0 Å². The molecule has 0 aliphatic carbocycles. The van der Waals surface area contributed by atoms with Crippen molar-refractivity contribution in [1.29, 1.82) is 0 Å². The topological polar surface area (TPSA) is 90.0 Å². The van der Waals surface area contributed by atoms with Crippen LogP contribution in [0.4, 0.5) is 4.39 Å². The Labute approximate surface area is 200 Å². The van der Waals surface area contributed by atoms with Crippen molar-refractivity contribution < 1.29 is 18.5 Å². The molecular formula is C25H30BFN4O3. The number of pyridine rings is 1. The van der Waals surface area contributed by atoms with Gasteiger partial charge in [-0.2, -0.15) is 0 Å². The second-order valence-corrected chi connectivity index (χ2v) is 9.66. The molecule has 2 aromatic rings. The van der Waals surface area contributed by atoms with Crippen molar-refractivity contribution in [2.45, 2.75) is 58.3 Å². The maximum Gasteiger partial charge on any atom is 0.496 e. The van der Waals surface area contributed by atoms with Gasteiger partial charge < -0.3 is 19.9 Å². The Morgan fingerprint density at radius 3 is 2.50 bits per heavy atom. The summed E-state index contributed by atoms with van der Waals surface area (Å²) < 4.78 is 25.4. The monoisotopic (exact) mass is 464 g/mol. The summed E-state index contributed by atoms with van der Waals surface area (Å²) >= 11 is 0. The standard InChI is InChI=1S/C25H30BFN4O3/c1-16(17-6-8-19(27)9-7-17)29-15-20(13-28)31-11-10-22-21(23(31)32)12-18(14-30-22)26-33-24(2,3)25(4,5)34-26/h6-9,12-16H,10-11,28H2,1-5H3. The number of aliphatic imine (C=N–C) groups is 1. The second-order valence-electron chi connectivity index (χ2n) is 9.66. The van der Waals surface area contributed by atoms with Crippen LogP contribution in [0.2, 0.25) is 0 Å². The van der Waals surface area contributed by atoms with Crippen LogP contribution in [-0.4, -0.2) is 46.9 Å². The zero-order valence-electron chi connectivity index (χ0n) is 20.2. The number of fused-ring (bicyclic) bond motifs is 1. The Morgan fingerprint density at radius 2 is 1.88 bits per heavy atom. The quantitative estimate of drug-likeness (QED) is 0.543. The maximum atomic E-state index is 13.4. The molecule has 178 valence electrons. The van der Waals surface area contributed by atoms with E-state index in [9.17, 15) is 9.18 Å². The third-order valence-corrected chi connectivity index (χ3v) is 6.83. The zero-order chi connectivity index (χ0) is 24.7. The molecule has 2 aliphatic rings. The first kappa shape index (κ1) is 24.1. The number of nitrogens with two attached hydrogens (primary N) is 1. The molecule has 1 fully saturated rings. The van der Waals surface area contributed by atoms with Gasteiger partial charge in [0.1, 0.15) is 5.82 Å². The average Bonchev–Trinajstić information content (AvgIpc) is 3.02. The van der Waals surface area contributed by atoms with Crippen molar-refractivity contribution in [3.8, 4) is 0 Å². The number of hydrogen-bond acceptors (Lipinski definition) is 6. The highest BCUT2D eigenvalue weighted by Gasteiger charge is 2.52. The lowest BCUT2D eigenvalue weighted by Crippen LogP contribution is -2.41. The normalized spacial score (nSPS) is 20.6. The Kier molecular flexibility index (Phi) is 6.35. The van der Waals surface area contributed by atoms with Crippen LogP contribution in [0.15, 0.2) is 53.4 Å². The second kappa shape index (κ2) is 8.96. The van der Waals surface area contributed by atoms with Gasteiger partial charge in [0, 0.05) is 37.0 Å². The van der Waals surface area contributed by atoms with E-state index in [0.717, 1.165) is 11.3 Å². The van der Waals surface area contributed by atoms with E-state index in [0.29, 0.717) is 29.7 Å². The van der Waals surface area contributed by atoms with Crippen LogP contribution in [-0.2, 0) is 15.7 Å². The molecule has 1 amide bonds. The lowest BCUT2D eigenvalue weighted by Gasteiger charge is -2.32. The molecule has 0 spiro atoms. The number of carbonyl (C=O) groups excluding carboxylic acids is 1. The summed E-state index contributed by atoms with van der Waals surface area (Å²) in [5.74, 6) is -0.502. The van der Waals surface area contributed by atoms with Crippen LogP contribution < -0.4 is 11.2 Å². The highest BCUT2D eigenvalue weighted by molar-refractivity contribution is 6.62. The molecule has 3 heterocycles. The van der Waals surface area contributed by atoms with Crippen LogP contribution in [0.5, 0.6) is 0 Å². The Balaban J connectivity index is 1.54. The van der Waals surface area contributed by atoms with Gasteiger partial charge >= 0.3 is 7.12 Å². The van der Waals surface area contributed by atoms with Crippen molar-refractivity contribution in [2.24, 2.45) is 10.7 Å². The minimum Gasteiger partial charge on any atom is -0.403 e. The number of halogens is 1. The Morgan fingerprint density at radius 1 is 1.24 bits per heavy atom. The predicted octanol–water partition coefficient (Wildman–Crippen LogP) is 3.15. The summed E-state index contributed by atoms with van der Waals surface area (Å²) in [5.41, 5.74) is 8.17. The number of benzene rings is 1. The first-order chi connectivity index (χ1) is 16.0. The maximum absolute atomic E-state index is 13.4. The molecule has 1 aromatic heterocycles. The van der Waals surface area contributed by atoms with E-state index in [4.69, 9.17) is 15.0 Å². The number of carbonyl (C=O) groups is 1. The minimum absolute atomic E-state index is 0.204. The summed E-state index contributed by atoms with van der Waals surface area (Å²) in [6.07, 6.45) is 5.26. The van der Waals surface area contributed by atoms with E-state index in [2.05, 4.69) is 9.98 Å². The molecule has 34 heavy (non-hydrogen) atoms. The highest BCUT2D eigenvalue weighted by Crippen LogP contribution is 2.36. The third-order valence-electron chi connectivity index (χ3n) is 6.83. The Bertz CT molecular complexity index is 1130. The van der Waals surface area contributed by atoms with Crippen LogP contribution in [0.1, 0.15) is 62.3 Å². The fourth-order valence-electron chi connectivity index (χ4n) is 3.93. The van der Waals surface area contributed by atoms with Gasteiger partial charge in [-0.05, 0) is 58.4 Å². The van der Waals surface area contributed by atoms with E-state index in [-0.39, 0.29) is 17.8 Å². The molecule has 4 rings (SSSR count). The largest absolute Gasteiger partial charge is 0.496 e. The van der Waals surface area contributed by atoms with Crippen molar-refractivity contribution in [3.05, 3.63) is 71.1 Å². The molecule has 1 aromatic carbocycles. The molecule has 1 unspecified atom stereocenters. The molecule has 2 aliphatic heterocycles. The van der Waals surface area contributed by atoms with Crippen molar-refractivity contribution in [2.75, 3.05) is 6.54 Å². The Hall–Kier alpha value is -3.04. The fourth-order valence-corrected chi connectivity index (χ4v) is 3.93. The summed E-state index contributed by atoms with van der Waals surface area (Å²) in [4.78, 5) is 24.0. The summed E-state index contributed by atoms with van der Waals surface area (Å²) in [6.45, 7) is 10.3. The molecule has 9 heteroatoms. The van der Waals surface area contributed by atoms with E-state index in [1.165, 1.54) is 18.3 Å². The van der Waals surface area contributed by atoms with Crippen LogP contribution in [0, 0.1) is 5.82 Å². The van der Waals surface area contributed by atoms with E-state index in [1.54, 1.807) is 35.5 Å². The number of hydrogen-bond donors (Lipinski definition) is 1. The smallest absolute Gasteiger partial charge is 0.403 e. The van der Waals surface area contributed by atoms with Gasteiger partial charge in [0.15, 0.2) is 0 Å². The lowest BCUT2D eigenvalue weighted by atomic mass is 9.79.